The molecular weight excluding hydrogens is 369 g/mol. The van der Waals surface area contributed by atoms with E-state index in [4.69, 9.17) is 10.5 Å². The molecule has 27 heavy (non-hydrogen) atoms. The van der Waals surface area contributed by atoms with Gasteiger partial charge in [0.15, 0.2) is 6.61 Å². The lowest BCUT2D eigenvalue weighted by Crippen LogP contribution is -2.20. The summed E-state index contributed by atoms with van der Waals surface area (Å²) in [4.78, 5) is 27.4. The Kier molecular flexibility index (Phi) is 5.77. The van der Waals surface area contributed by atoms with E-state index in [0.717, 1.165) is 10.6 Å². The first-order valence-corrected chi connectivity index (χ1v) is 8.89. The maximum atomic E-state index is 13.0. The van der Waals surface area contributed by atoms with Crippen molar-refractivity contribution in [2.75, 3.05) is 11.9 Å². The number of benzene rings is 2. The Hall–Kier alpha value is -3.26. The number of nitrogens with one attached hydrogen (secondary N) is 1. The predicted octanol–water partition coefficient (Wildman–Crippen LogP) is 2.99. The number of nitrogens with two attached hydrogens (primary N) is 1. The first-order valence-electron chi connectivity index (χ1n) is 8.01. The largest absolute Gasteiger partial charge is 0.484 e. The van der Waals surface area contributed by atoms with E-state index in [0.29, 0.717) is 17.1 Å². The van der Waals surface area contributed by atoms with Crippen LogP contribution < -0.4 is 15.8 Å². The number of nitrogens with zero attached hydrogens (tertiary/aromatic N) is 1. The van der Waals surface area contributed by atoms with Crippen LogP contribution in [0.25, 0.3) is 10.6 Å². The summed E-state index contributed by atoms with van der Waals surface area (Å²) in [6.07, 6.45) is 0.101. The van der Waals surface area contributed by atoms with E-state index in [1.807, 2.05) is 0 Å². The number of primary amides is 1. The number of amides is 2. The number of halogens is 1. The van der Waals surface area contributed by atoms with Crippen LogP contribution in [0.1, 0.15) is 5.69 Å². The van der Waals surface area contributed by atoms with Crippen LogP contribution in [0.4, 0.5) is 10.1 Å². The Morgan fingerprint density at radius 3 is 2.70 bits per heavy atom. The van der Waals surface area contributed by atoms with Gasteiger partial charge in [-0.2, -0.15) is 0 Å². The summed E-state index contributed by atoms with van der Waals surface area (Å²) >= 11 is 1.39. The third kappa shape index (κ3) is 5.35. The van der Waals surface area contributed by atoms with Crippen LogP contribution in [0.15, 0.2) is 53.9 Å². The molecule has 2 aromatic carbocycles. The zero-order valence-electron chi connectivity index (χ0n) is 14.1. The molecule has 0 aliphatic carbocycles. The van der Waals surface area contributed by atoms with Gasteiger partial charge in [-0.1, -0.05) is 6.07 Å². The second-order valence-electron chi connectivity index (χ2n) is 5.66. The molecule has 0 aliphatic heterocycles. The number of ether oxygens (including phenoxy) is 1. The van der Waals surface area contributed by atoms with E-state index in [-0.39, 0.29) is 24.8 Å². The van der Waals surface area contributed by atoms with E-state index >= 15 is 0 Å². The SMILES string of the molecule is NC(=O)COc1cccc(NC(=O)Cc2csc(-c3ccc(F)cc3)n2)c1. The fourth-order valence-electron chi connectivity index (χ4n) is 2.30. The molecule has 0 atom stereocenters. The van der Waals surface area contributed by atoms with Gasteiger partial charge in [0.05, 0.1) is 12.1 Å². The highest BCUT2D eigenvalue weighted by Crippen LogP contribution is 2.24. The van der Waals surface area contributed by atoms with Crippen molar-refractivity contribution in [1.29, 1.82) is 0 Å². The second kappa shape index (κ2) is 8.41. The number of thiazole rings is 1. The molecule has 1 heterocycles. The van der Waals surface area contributed by atoms with E-state index in [1.165, 1.54) is 23.5 Å². The highest BCUT2D eigenvalue weighted by Gasteiger charge is 2.10. The summed E-state index contributed by atoms with van der Waals surface area (Å²) in [6, 6.07) is 12.7. The lowest BCUT2D eigenvalue weighted by molar-refractivity contribution is -0.120. The maximum Gasteiger partial charge on any atom is 0.255 e. The number of hydrogen-bond donors (Lipinski definition) is 2. The lowest BCUT2D eigenvalue weighted by atomic mass is 10.2. The Labute approximate surface area is 158 Å². The Morgan fingerprint density at radius 1 is 1.19 bits per heavy atom. The Morgan fingerprint density at radius 2 is 1.96 bits per heavy atom. The molecule has 0 unspecified atom stereocenters. The van der Waals surface area contributed by atoms with Crippen LogP contribution in [-0.4, -0.2) is 23.4 Å². The molecule has 1 aromatic heterocycles. The fraction of sp³-hybridized carbons (Fsp3) is 0.105. The summed E-state index contributed by atoms with van der Waals surface area (Å²) < 4.78 is 18.2. The van der Waals surface area contributed by atoms with Crippen molar-refractivity contribution < 1.29 is 18.7 Å². The molecule has 8 heteroatoms. The summed E-state index contributed by atoms with van der Waals surface area (Å²) in [5, 5.41) is 5.27. The third-order valence-electron chi connectivity index (χ3n) is 3.48. The second-order valence-corrected chi connectivity index (χ2v) is 6.52. The molecular formula is C19H16FN3O3S. The quantitative estimate of drug-likeness (QED) is 0.654. The van der Waals surface area contributed by atoms with Crippen LogP contribution >= 0.6 is 11.3 Å². The minimum atomic E-state index is -0.579. The zero-order chi connectivity index (χ0) is 19.2. The molecule has 0 bridgehead atoms. The highest BCUT2D eigenvalue weighted by molar-refractivity contribution is 7.13. The van der Waals surface area contributed by atoms with Crippen molar-refractivity contribution in [1.82, 2.24) is 4.98 Å². The number of anilines is 1. The van der Waals surface area contributed by atoms with Crippen LogP contribution in [0, 0.1) is 5.82 Å². The topological polar surface area (TPSA) is 94.3 Å². The molecule has 0 saturated heterocycles. The fourth-order valence-corrected chi connectivity index (χ4v) is 3.13. The van der Waals surface area contributed by atoms with E-state index < -0.39 is 5.91 Å². The van der Waals surface area contributed by atoms with Crippen LogP contribution in [0.2, 0.25) is 0 Å². The van der Waals surface area contributed by atoms with E-state index in [9.17, 15) is 14.0 Å². The van der Waals surface area contributed by atoms with Gasteiger partial charge in [-0.15, -0.1) is 11.3 Å². The van der Waals surface area contributed by atoms with Crippen molar-refractivity contribution in [2.24, 2.45) is 5.73 Å². The smallest absolute Gasteiger partial charge is 0.255 e. The number of carbonyl (C=O) groups excluding carboxylic acids is 2. The normalized spacial score (nSPS) is 10.4. The van der Waals surface area contributed by atoms with Gasteiger partial charge in [0.2, 0.25) is 5.91 Å². The lowest BCUT2D eigenvalue weighted by Gasteiger charge is -2.07. The minimum absolute atomic E-state index is 0.101. The third-order valence-corrected chi connectivity index (χ3v) is 4.42. The van der Waals surface area contributed by atoms with Crippen molar-refractivity contribution in [2.45, 2.75) is 6.42 Å². The Balaban J connectivity index is 1.60. The summed E-state index contributed by atoms with van der Waals surface area (Å²) in [7, 11) is 0. The van der Waals surface area contributed by atoms with Crippen LogP contribution in [0.5, 0.6) is 5.75 Å². The van der Waals surface area contributed by atoms with Gasteiger partial charge in [-0.05, 0) is 36.4 Å². The molecule has 0 radical (unpaired) electrons. The van der Waals surface area contributed by atoms with Crippen LogP contribution in [-0.2, 0) is 16.0 Å². The van der Waals surface area contributed by atoms with Crippen molar-refractivity contribution in [3.8, 4) is 16.3 Å². The molecule has 0 saturated carbocycles. The summed E-state index contributed by atoms with van der Waals surface area (Å²) in [6.45, 7) is -0.234. The molecule has 3 rings (SSSR count). The molecule has 3 N–H and O–H groups in total. The predicted molar refractivity (Wildman–Crippen MR) is 101 cm³/mol. The van der Waals surface area contributed by atoms with Gasteiger partial charge in [-0.3, -0.25) is 9.59 Å². The van der Waals surface area contributed by atoms with Crippen molar-refractivity contribution >= 4 is 28.8 Å². The Bertz CT molecular complexity index is 957. The van der Waals surface area contributed by atoms with Gasteiger partial charge in [-0.25, -0.2) is 9.37 Å². The summed E-state index contributed by atoms with van der Waals surface area (Å²) in [5.74, 6) is -0.696. The van der Waals surface area contributed by atoms with Gasteiger partial charge >= 0.3 is 0 Å². The van der Waals surface area contributed by atoms with E-state index in [2.05, 4.69) is 10.3 Å². The maximum absolute atomic E-state index is 13.0. The monoisotopic (exact) mass is 385 g/mol. The number of rotatable bonds is 7. The molecule has 2 amide bonds. The van der Waals surface area contributed by atoms with E-state index in [1.54, 1.807) is 41.8 Å². The molecule has 3 aromatic rings. The number of aromatic nitrogens is 1. The molecule has 6 nitrogen and oxygen atoms in total. The van der Waals surface area contributed by atoms with Gasteiger partial charge < -0.3 is 15.8 Å². The molecule has 0 aliphatic rings. The average molecular weight is 385 g/mol. The highest BCUT2D eigenvalue weighted by atomic mass is 32.1. The zero-order valence-corrected chi connectivity index (χ0v) is 15.0. The molecule has 0 spiro atoms. The molecule has 138 valence electrons. The van der Waals surface area contributed by atoms with Crippen molar-refractivity contribution in [3.05, 3.63) is 65.4 Å². The van der Waals surface area contributed by atoms with Gasteiger partial charge in [0, 0.05) is 22.7 Å². The van der Waals surface area contributed by atoms with Crippen LogP contribution in [0.3, 0.4) is 0 Å². The van der Waals surface area contributed by atoms with Gasteiger partial charge in [0.25, 0.3) is 5.91 Å². The van der Waals surface area contributed by atoms with Gasteiger partial charge in [0.1, 0.15) is 16.6 Å². The average Bonchev–Trinajstić information content (AvgIpc) is 3.09. The first kappa shape index (κ1) is 18.5. The standard InChI is InChI=1S/C19H16FN3O3S/c20-13-6-4-12(5-7-13)19-23-15(11-27-19)9-18(25)22-14-2-1-3-16(8-14)26-10-17(21)24/h1-8,11H,9-10H2,(H2,21,24)(H,22,25). The van der Waals surface area contributed by atoms with Crippen molar-refractivity contribution in [3.63, 3.8) is 0 Å². The number of hydrogen-bond acceptors (Lipinski definition) is 5. The summed E-state index contributed by atoms with van der Waals surface area (Å²) in [5.41, 5.74) is 7.00. The number of carbonyl (C=O) groups is 2. The molecule has 0 fully saturated rings. The minimum Gasteiger partial charge on any atom is -0.484 e. The first-order chi connectivity index (χ1) is 13.0.